The number of rotatable bonds is 5. The standard InChI is InChI=1S/C58H40N2/c1-57(2)49-23-11-9-21-45(49)47-35-33-43(37-53(47)57)59(42-31-29-40(30-32-42)39-17-5-3-6-18-39)44-34-36-48-46-22-10-12-24-50(46)58(54(48)38-44)51-25-13-15-27-55(51)60(41-19-7-4-8-20-41)56-28-16-14-26-52(56)58/h3-11,13-23,25-38H,1-2H3. The van der Waals surface area contributed by atoms with E-state index in [1.165, 1.54) is 61.2 Å². The monoisotopic (exact) mass is 764 g/mol. The van der Waals surface area contributed by atoms with E-state index in [1.807, 2.05) is 6.07 Å². The van der Waals surface area contributed by atoms with E-state index in [4.69, 9.17) is 0 Å². The average Bonchev–Trinajstić information content (AvgIpc) is 3.72. The third-order valence-corrected chi connectivity index (χ3v) is 13.3. The zero-order valence-electron chi connectivity index (χ0n) is 33.5. The zero-order chi connectivity index (χ0) is 40.0. The lowest BCUT2D eigenvalue weighted by Gasteiger charge is -2.44. The molecule has 282 valence electrons. The summed E-state index contributed by atoms with van der Waals surface area (Å²) in [5.74, 6) is 0. The van der Waals surface area contributed by atoms with Crippen molar-refractivity contribution in [3.05, 3.63) is 252 Å². The Hall–Kier alpha value is -7.60. The van der Waals surface area contributed by atoms with Crippen LogP contribution >= 0.6 is 0 Å². The van der Waals surface area contributed by atoms with Crippen LogP contribution in [0.5, 0.6) is 0 Å². The summed E-state index contributed by atoms with van der Waals surface area (Å²) in [5.41, 5.74) is 21.1. The molecular weight excluding hydrogens is 725 g/mol. The molecule has 0 amide bonds. The normalized spacial score (nSPS) is 14.3. The van der Waals surface area contributed by atoms with Gasteiger partial charge in [0.2, 0.25) is 0 Å². The molecule has 12 rings (SSSR count). The summed E-state index contributed by atoms with van der Waals surface area (Å²) in [6.45, 7) is 4.72. The van der Waals surface area contributed by atoms with Gasteiger partial charge < -0.3 is 9.80 Å². The van der Waals surface area contributed by atoms with Crippen LogP contribution in [0.15, 0.2) is 206 Å². The Labute approximate surface area is 352 Å². The summed E-state index contributed by atoms with van der Waals surface area (Å²) in [7, 11) is 0. The quantitative estimate of drug-likeness (QED) is 0.172. The van der Waals surface area contributed by atoms with Crippen molar-refractivity contribution in [3.8, 4) is 33.4 Å². The highest BCUT2D eigenvalue weighted by Crippen LogP contribution is 2.63. The van der Waals surface area contributed by atoms with Gasteiger partial charge in [0, 0.05) is 33.7 Å². The molecule has 1 aliphatic heterocycles. The van der Waals surface area contributed by atoms with Crippen LogP contribution in [0.25, 0.3) is 33.4 Å². The summed E-state index contributed by atoms with van der Waals surface area (Å²) in [4.78, 5) is 4.88. The molecule has 9 aromatic rings. The summed E-state index contributed by atoms with van der Waals surface area (Å²) in [5, 5.41) is 0. The van der Waals surface area contributed by atoms with Gasteiger partial charge >= 0.3 is 0 Å². The van der Waals surface area contributed by atoms with Crippen LogP contribution < -0.4 is 9.80 Å². The molecule has 0 saturated carbocycles. The Bertz CT molecular complexity index is 3080. The largest absolute Gasteiger partial charge is 0.310 e. The predicted molar refractivity (Wildman–Crippen MR) is 247 cm³/mol. The van der Waals surface area contributed by atoms with Gasteiger partial charge in [0.15, 0.2) is 0 Å². The summed E-state index contributed by atoms with van der Waals surface area (Å²) < 4.78 is 0. The van der Waals surface area contributed by atoms with Crippen molar-refractivity contribution in [1.82, 2.24) is 0 Å². The second kappa shape index (κ2) is 13.0. The van der Waals surface area contributed by atoms with Crippen LogP contribution in [-0.2, 0) is 10.8 Å². The lowest BCUT2D eigenvalue weighted by atomic mass is 9.65. The van der Waals surface area contributed by atoms with Crippen molar-refractivity contribution in [2.45, 2.75) is 24.7 Å². The van der Waals surface area contributed by atoms with Gasteiger partial charge in [-0.25, -0.2) is 0 Å². The SMILES string of the molecule is CC1(C)c2ccccc2-c2ccc(N(c3ccc(-c4ccccc4)cc3)c3ccc4c(c3)C3(c5c#cccc5-4)c4ccccc4N(c4ccccc4)c4ccccc43)cc21. The molecule has 2 nitrogen and oxygen atoms in total. The van der Waals surface area contributed by atoms with E-state index in [1.54, 1.807) is 0 Å². The summed E-state index contributed by atoms with van der Waals surface area (Å²) in [6, 6.07) is 82.8. The van der Waals surface area contributed by atoms with Gasteiger partial charge in [0.05, 0.1) is 16.8 Å². The highest BCUT2D eigenvalue weighted by Gasteiger charge is 2.52. The molecule has 0 N–H and O–H groups in total. The maximum absolute atomic E-state index is 3.72. The lowest BCUT2D eigenvalue weighted by molar-refractivity contribution is 0.660. The van der Waals surface area contributed by atoms with Gasteiger partial charge in [-0.3, -0.25) is 0 Å². The number of fused-ring (bicyclic) bond motifs is 12. The van der Waals surface area contributed by atoms with Crippen LogP contribution in [0.3, 0.4) is 0 Å². The molecule has 3 aliphatic rings. The number of para-hydroxylation sites is 3. The molecule has 0 saturated heterocycles. The number of nitrogens with zero attached hydrogens (tertiary/aromatic N) is 2. The first-order valence-electron chi connectivity index (χ1n) is 20.9. The van der Waals surface area contributed by atoms with Gasteiger partial charge in [0.25, 0.3) is 0 Å². The number of hydrogen-bond donors (Lipinski definition) is 0. The minimum atomic E-state index is -0.638. The van der Waals surface area contributed by atoms with Crippen molar-refractivity contribution in [2.24, 2.45) is 0 Å². The fourth-order valence-corrected chi connectivity index (χ4v) is 10.6. The maximum Gasteiger partial charge on any atom is 0.0833 e. The molecule has 0 atom stereocenters. The van der Waals surface area contributed by atoms with Gasteiger partial charge in [-0.2, -0.15) is 0 Å². The third-order valence-electron chi connectivity index (χ3n) is 13.3. The van der Waals surface area contributed by atoms with E-state index in [0.29, 0.717) is 0 Å². The topological polar surface area (TPSA) is 6.48 Å². The average molecular weight is 765 g/mol. The number of hydrogen-bond acceptors (Lipinski definition) is 2. The molecule has 1 heterocycles. The number of anilines is 6. The molecule has 0 unspecified atom stereocenters. The summed E-state index contributed by atoms with van der Waals surface area (Å²) >= 11 is 0. The first-order chi connectivity index (χ1) is 29.5. The van der Waals surface area contributed by atoms with Crippen LogP contribution in [-0.4, -0.2) is 0 Å². The second-order valence-corrected chi connectivity index (χ2v) is 16.7. The molecule has 0 bridgehead atoms. The van der Waals surface area contributed by atoms with Gasteiger partial charge in [-0.05, 0) is 134 Å². The van der Waals surface area contributed by atoms with Gasteiger partial charge in [0.1, 0.15) is 0 Å². The maximum atomic E-state index is 3.72. The van der Waals surface area contributed by atoms with Gasteiger partial charge in [-0.15, -0.1) is 0 Å². The third kappa shape index (κ3) is 4.78. The molecular formula is C58H40N2. The molecule has 2 aliphatic carbocycles. The van der Waals surface area contributed by atoms with E-state index in [0.717, 1.165) is 39.7 Å². The molecule has 0 radical (unpaired) electrons. The highest BCUT2D eigenvalue weighted by atomic mass is 15.2. The Morgan fingerprint density at radius 3 is 1.62 bits per heavy atom. The van der Waals surface area contributed by atoms with Crippen LogP contribution in [0.2, 0.25) is 0 Å². The Kier molecular flexibility index (Phi) is 7.44. The smallest absolute Gasteiger partial charge is 0.0833 e. The Balaban J connectivity index is 1.11. The highest BCUT2D eigenvalue weighted by molar-refractivity contribution is 5.97. The first kappa shape index (κ1) is 34.4. The first-order valence-corrected chi connectivity index (χ1v) is 20.9. The molecule has 0 aromatic heterocycles. The van der Waals surface area contributed by atoms with E-state index >= 15 is 0 Å². The lowest BCUT2D eigenvalue weighted by Crippen LogP contribution is -2.36. The van der Waals surface area contributed by atoms with E-state index < -0.39 is 5.41 Å². The van der Waals surface area contributed by atoms with Crippen LogP contribution in [0.4, 0.5) is 34.1 Å². The van der Waals surface area contributed by atoms with Crippen molar-refractivity contribution < 1.29 is 0 Å². The molecule has 2 heteroatoms. The molecule has 60 heavy (non-hydrogen) atoms. The van der Waals surface area contributed by atoms with Crippen LogP contribution in [0, 0.1) is 12.1 Å². The Morgan fingerprint density at radius 2 is 0.933 bits per heavy atom. The molecule has 0 fully saturated rings. The van der Waals surface area contributed by atoms with E-state index in [9.17, 15) is 0 Å². The van der Waals surface area contributed by atoms with E-state index in [2.05, 4.69) is 236 Å². The van der Waals surface area contributed by atoms with Gasteiger partial charge in [-0.1, -0.05) is 159 Å². The van der Waals surface area contributed by atoms with Crippen molar-refractivity contribution in [3.63, 3.8) is 0 Å². The predicted octanol–water partition coefficient (Wildman–Crippen LogP) is 14.9. The van der Waals surface area contributed by atoms with Crippen LogP contribution in [0.1, 0.15) is 47.2 Å². The van der Waals surface area contributed by atoms with Crippen molar-refractivity contribution >= 4 is 34.1 Å². The van der Waals surface area contributed by atoms with E-state index in [-0.39, 0.29) is 5.41 Å². The summed E-state index contributed by atoms with van der Waals surface area (Å²) in [6.07, 6.45) is 0. The second-order valence-electron chi connectivity index (χ2n) is 16.7. The Morgan fingerprint density at radius 1 is 0.417 bits per heavy atom. The number of benzene rings is 8. The fourth-order valence-electron chi connectivity index (χ4n) is 10.6. The molecule has 1 spiro atoms. The minimum Gasteiger partial charge on any atom is -0.310 e. The molecule has 9 aromatic carbocycles. The minimum absolute atomic E-state index is 0.138. The van der Waals surface area contributed by atoms with Crippen molar-refractivity contribution in [2.75, 3.05) is 9.80 Å². The zero-order valence-corrected chi connectivity index (χ0v) is 33.5. The van der Waals surface area contributed by atoms with Crippen molar-refractivity contribution in [1.29, 1.82) is 0 Å². The fraction of sp³-hybridized carbons (Fsp3) is 0.0690.